The summed E-state index contributed by atoms with van der Waals surface area (Å²) in [6.45, 7) is 1.02. The van der Waals surface area contributed by atoms with Gasteiger partial charge in [-0.15, -0.1) is 10.2 Å². The topological polar surface area (TPSA) is 209 Å². The van der Waals surface area contributed by atoms with Crippen LogP contribution < -0.4 is 16.8 Å². The maximum absolute atomic E-state index is 11.8. The zero-order chi connectivity index (χ0) is 19.8. The van der Waals surface area contributed by atoms with E-state index >= 15 is 0 Å². The molecular weight excluding hydrogens is 356 g/mol. The minimum atomic E-state index is -1.42. The summed E-state index contributed by atoms with van der Waals surface area (Å²) < 4.78 is 0. The van der Waals surface area contributed by atoms with E-state index in [1.54, 1.807) is 0 Å². The molecule has 2 aliphatic rings. The number of tetrazole rings is 1. The zero-order valence-electron chi connectivity index (χ0n) is 15.0. The van der Waals surface area contributed by atoms with Crippen molar-refractivity contribution in [2.75, 3.05) is 6.61 Å². The lowest BCUT2D eigenvalue weighted by atomic mass is 9.86. The standard InChI is InChI=1S/C15H26N8O4/c1-6(25)18-12-7(2-8(26)5-24)3-9-11(12)10(19-14(16)17)4-15(9,27)13-20-22-23-21-13/h7-12,24,26-27H,2-5H2,1H3,(H,18,25)(H4,16,17,19)(H,20,21,22,23)/t7-,8-,9-,10-,11+,12+,15+/m0/s1. The van der Waals surface area contributed by atoms with Gasteiger partial charge in [-0.3, -0.25) is 4.79 Å². The second kappa shape index (κ2) is 7.37. The molecule has 1 heterocycles. The lowest BCUT2D eigenvalue weighted by Crippen LogP contribution is -2.45. The maximum Gasteiger partial charge on any atom is 0.217 e. The molecule has 1 aromatic heterocycles. The summed E-state index contributed by atoms with van der Waals surface area (Å²) in [6.07, 6.45) is 0.00913. The van der Waals surface area contributed by atoms with Crippen LogP contribution in [0.1, 0.15) is 32.0 Å². The Kier molecular flexibility index (Phi) is 5.31. The van der Waals surface area contributed by atoms with Crippen LogP contribution in [0.25, 0.3) is 0 Å². The van der Waals surface area contributed by atoms with Crippen molar-refractivity contribution in [2.45, 2.75) is 50.0 Å². The van der Waals surface area contributed by atoms with Crippen LogP contribution in [-0.4, -0.2) is 72.6 Å². The van der Waals surface area contributed by atoms with Gasteiger partial charge >= 0.3 is 0 Å². The molecule has 0 bridgehead atoms. The van der Waals surface area contributed by atoms with E-state index in [4.69, 9.17) is 11.5 Å². The Morgan fingerprint density at radius 2 is 2.26 bits per heavy atom. The number of aliphatic hydroxyl groups is 3. The number of nitrogens with one attached hydrogen (secondary N) is 2. The normalized spacial score (nSPS) is 36.2. The molecule has 0 unspecified atom stereocenters. The first-order valence-electron chi connectivity index (χ1n) is 8.87. The summed E-state index contributed by atoms with van der Waals surface area (Å²) in [5.41, 5.74) is 9.74. The number of fused-ring (bicyclic) bond motifs is 1. The number of hydrogen-bond donors (Lipinski definition) is 7. The minimum absolute atomic E-state index is 0.114. The number of carbonyl (C=O) groups excluding carboxylic acids is 1. The van der Waals surface area contributed by atoms with Crippen molar-refractivity contribution in [3.8, 4) is 0 Å². The van der Waals surface area contributed by atoms with Crippen molar-refractivity contribution in [1.29, 1.82) is 0 Å². The molecule has 0 radical (unpaired) electrons. The number of amides is 1. The number of rotatable bonds is 6. The molecule has 1 amide bonds. The van der Waals surface area contributed by atoms with Gasteiger partial charge in [0.1, 0.15) is 5.60 Å². The quantitative estimate of drug-likeness (QED) is 0.196. The van der Waals surface area contributed by atoms with Crippen molar-refractivity contribution in [3.05, 3.63) is 5.82 Å². The van der Waals surface area contributed by atoms with Gasteiger partial charge in [-0.25, -0.2) is 4.99 Å². The van der Waals surface area contributed by atoms with Crippen LogP contribution >= 0.6 is 0 Å². The number of aliphatic imine (C=N–C) groups is 1. The predicted octanol–water partition coefficient (Wildman–Crippen LogP) is -3.07. The molecular formula is C15H26N8O4. The van der Waals surface area contributed by atoms with Crippen molar-refractivity contribution >= 4 is 11.9 Å². The Morgan fingerprint density at radius 3 is 2.81 bits per heavy atom. The van der Waals surface area contributed by atoms with E-state index in [1.165, 1.54) is 6.92 Å². The van der Waals surface area contributed by atoms with E-state index < -0.39 is 17.7 Å². The molecule has 2 aliphatic carbocycles. The molecule has 12 nitrogen and oxygen atoms in total. The monoisotopic (exact) mass is 382 g/mol. The van der Waals surface area contributed by atoms with E-state index in [2.05, 4.69) is 30.9 Å². The second-order valence-electron chi connectivity index (χ2n) is 7.46. The highest BCUT2D eigenvalue weighted by molar-refractivity contribution is 5.76. The Morgan fingerprint density at radius 1 is 1.52 bits per heavy atom. The number of nitrogens with zero attached hydrogens (tertiary/aromatic N) is 4. The fourth-order valence-corrected chi connectivity index (χ4v) is 4.86. The fourth-order valence-electron chi connectivity index (χ4n) is 4.86. The molecule has 0 saturated heterocycles. The largest absolute Gasteiger partial charge is 0.394 e. The number of aromatic amines is 1. The van der Waals surface area contributed by atoms with Crippen molar-refractivity contribution in [2.24, 2.45) is 34.2 Å². The third kappa shape index (κ3) is 3.59. The summed E-state index contributed by atoms with van der Waals surface area (Å²) in [5.74, 6) is -1.01. The number of H-pyrrole nitrogens is 1. The number of guanidine groups is 1. The van der Waals surface area contributed by atoms with Crippen LogP contribution in [0.4, 0.5) is 0 Å². The fraction of sp³-hybridized carbons (Fsp3) is 0.800. The maximum atomic E-state index is 11.8. The third-order valence-corrected chi connectivity index (χ3v) is 5.72. The summed E-state index contributed by atoms with van der Waals surface area (Å²) in [7, 11) is 0. The van der Waals surface area contributed by atoms with E-state index in [-0.39, 0.29) is 60.9 Å². The number of carbonyl (C=O) groups is 1. The minimum Gasteiger partial charge on any atom is -0.394 e. The first-order valence-corrected chi connectivity index (χ1v) is 8.87. The number of hydrogen-bond acceptors (Lipinski definition) is 8. The van der Waals surface area contributed by atoms with Gasteiger partial charge in [0.2, 0.25) is 11.7 Å². The molecule has 0 aromatic carbocycles. The van der Waals surface area contributed by atoms with Crippen LogP contribution in [0.3, 0.4) is 0 Å². The zero-order valence-corrected chi connectivity index (χ0v) is 15.0. The first kappa shape index (κ1) is 19.5. The van der Waals surface area contributed by atoms with Gasteiger partial charge in [0, 0.05) is 31.2 Å². The van der Waals surface area contributed by atoms with Crippen LogP contribution in [0.15, 0.2) is 4.99 Å². The average molecular weight is 382 g/mol. The Balaban J connectivity index is 1.99. The van der Waals surface area contributed by atoms with E-state index in [0.29, 0.717) is 6.42 Å². The molecule has 0 aliphatic heterocycles. The SMILES string of the molecule is CC(=O)N[C@@H]1[C@@H](C[C@H](O)CO)C[C@H]2[C@@H]1[C@@H](N=C(N)N)C[C@]2(O)c1nn[nH]n1. The molecule has 150 valence electrons. The summed E-state index contributed by atoms with van der Waals surface area (Å²) in [4.78, 5) is 16.1. The second-order valence-corrected chi connectivity index (χ2v) is 7.46. The molecule has 27 heavy (non-hydrogen) atoms. The molecule has 0 spiro atoms. The first-order chi connectivity index (χ1) is 12.8. The highest BCUT2D eigenvalue weighted by atomic mass is 16.3. The Hall–Kier alpha value is -2.31. The highest BCUT2D eigenvalue weighted by Gasteiger charge is 2.63. The molecule has 7 atom stereocenters. The van der Waals surface area contributed by atoms with E-state index in [9.17, 15) is 20.1 Å². The molecule has 3 rings (SSSR count). The summed E-state index contributed by atoms with van der Waals surface area (Å²) >= 11 is 0. The van der Waals surface area contributed by atoms with Crippen LogP contribution in [0.5, 0.6) is 0 Å². The molecule has 2 fully saturated rings. The summed E-state index contributed by atoms with van der Waals surface area (Å²) in [5, 5.41) is 47.2. The molecule has 9 N–H and O–H groups in total. The molecule has 1 aromatic rings. The van der Waals surface area contributed by atoms with Crippen LogP contribution in [0.2, 0.25) is 0 Å². The van der Waals surface area contributed by atoms with Crippen molar-refractivity contribution < 1.29 is 20.1 Å². The third-order valence-electron chi connectivity index (χ3n) is 5.72. The lowest BCUT2D eigenvalue weighted by Gasteiger charge is -2.28. The lowest BCUT2D eigenvalue weighted by molar-refractivity contribution is -0.120. The number of aliphatic hydroxyl groups excluding tert-OH is 2. The van der Waals surface area contributed by atoms with Gasteiger partial charge < -0.3 is 32.1 Å². The average Bonchev–Trinajstić information content (AvgIpc) is 3.27. The number of nitrogens with two attached hydrogens (primary N) is 2. The smallest absolute Gasteiger partial charge is 0.217 e. The van der Waals surface area contributed by atoms with Gasteiger partial charge in [-0.1, -0.05) is 5.21 Å². The van der Waals surface area contributed by atoms with Crippen LogP contribution in [0, 0.1) is 17.8 Å². The molecule has 2 saturated carbocycles. The van der Waals surface area contributed by atoms with Crippen LogP contribution in [-0.2, 0) is 10.4 Å². The van der Waals surface area contributed by atoms with Gasteiger partial charge in [0.25, 0.3) is 0 Å². The Bertz CT molecular complexity index is 694. The van der Waals surface area contributed by atoms with Gasteiger partial charge in [0.15, 0.2) is 5.96 Å². The molecule has 12 heteroatoms. The van der Waals surface area contributed by atoms with E-state index in [0.717, 1.165) is 0 Å². The predicted molar refractivity (Wildman–Crippen MR) is 92.7 cm³/mol. The Labute approximate surface area is 155 Å². The van der Waals surface area contributed by atoms with Crippen molar-refractivity contribution in [1.82, 2.24) is 25.9 Å². The van der Waals surface area contributed by atoms with E-state index in [1.807, 2.05) is 0 Å². The summed E-state index contributed by atoms with van der Waals surface area (Å²) in [6, 6.07) is -0.834. The number of aromatic nitrogens is 4. The van der Waals surface area contributed by atoms with Gasteiger partial charge in [-0.2, -0.15) is 5.21 Å². The van der Waals surface area contributed by atoms with Gasteiger partial charge in [0.05, 0.1) is 18.8 Å². The highest BCUT2D eigenvalue weighted by Crippen LogP contribution is 2.57. The van der Waals surface area contributed by atoms with Crippen molar-refractivity contribution in [3.63, 3.8) is 0 Å². The van der Waals surface area contributed by atoms with Gasteiger partial charge in [-0.05, 0) is 18.8 Å².